The summed E-state index contributed by atoms with van der Waals surface area (Å²) in [5, 5.41) is 3.18. The number of piperidine rings is 1. The first-order valence-electron chi connectivity index (χ1n) is 10.6. The smallest absolute Gasteiger partial charge is 0.225 e. The molecular weight excluding hydrogens is 352 g/mol. The molecule has 1 aliphatic heterocycles. The van der Waals surface area contributed by atoms with Gasteiger partial charge in [-0.1, -0.05) is 0 Å². The monoisotopic (exact) mass is 382 g/mol. The number of furan rings is 1. The normalized spacial score (nSPS) is 20.5. The van der Waals surface area contributed by atoms with Crippen molar-refractivity contribution in [1.82, 2.24) is 15.3 Å². The molecule has 1 saturated heterocycles. The number of aryl methyl sites for hydroxylation is 2. The lowest BCUT2D eigenvalue weighted by molar-refractivity contribution is -0.126. The Morgan fingerprint density at radius 2 is 2.21 bits per heavy atom. The van der Waals surface area contributed by atoms with Crippen molar-refractivity contribution in [2.45, 2.75) is 64.3 Å². The fraction of sp³-hybridized carbons (Fsp3) is 0.591. The van der Waals surface area contributed by atoms with Crippen molar-refractivity contribution in [2.24, 2.45) is 5.92 Å². The predicted molar refractivity (Wildman–Crippen MR) is 108 cm³/mol. The highest BCUT2D eigenvalue weighted by Crippen LogP contribution is 2.26. The summed E-state index contributed by atoms with van der Waals surface area (Å²) >= 11 is 0. The summed E-state index contributed by atoms with van der Waals surface area (Å²) in [5.74, 6) is 2.00. The summed E-state index contributed by atoms with van der Waals surface area (Å²) in [7, 11) is 0. The van der Waals surface area contributed by atoms with Crippen LogP contribution in [-0.2, 0) is 24.1 Å². The molecule has 0 radical (unpaired) electrons. The highest BCUT2D eigenvalue weighted by Gasteiger charge is 2.27. The molecule has 1 aliphatic carbocycles. The molecule has 6 nitrogen and oxygen atoms in total. The molecule has 150 valence electrons. The molecule has 6 heteroatoms. The summed E-state index contributed by atoms with van der Waals surface area (Å²) in [6, 6.07) is 4.01. The van der Waals surface area contributed by atoms with Crippen LogP contribution in [0, 0.1) is 5.92 Å². The van der Waals surface area contributed by atoms with Gasteiger partial charge in [0.15, 0.2) is 0 Å². The SMILES string of the molecule is C[C@H](CCc1ccco1)NC(=O)[C@@H]1CCc2nc(N3CCCCC3)ncc2C1. The summed E-state index contributed by atoms with van der Waals surface area (Å²) in [5.41, 5.74) is 2.26. The molecule has 0 bridgehead atoms. The van der Waals surface area contributed by atoms with Crippen LogP contribution >= 0.6 is 0 Å². The molecule has 2 atom stereocenters. The van der Waals surface area contributed by atoms with Gasteiger partial charge in [0.1, 0.15) is 5.76 Å². The fourth-order valence-electron chi connectivity index (χ4n) is 4.21. The van der Waals surface area contributed by atoms with Crippen LogP contribution in [0.1, 0.15) is 56.0 Å². The van der Waals surface area contributed by atoms with Gasteiger partial charge < -0.3 is 14.6 Å². The molecule has 3 heterocycles. The molecule has 0 unspecified atom stereocenters. The lowest BCUT2D eigenvalue weighted by Gasteiger charge is -2.29. The van der Waals surface area contributed by atoms with Crippen LogP contribution in [0.2, 0.25) is 0 Å². The Kier molecular flexibility index (Phi) is 5.93. The second-order valence-electron chi connectivity index (χ2n) is 8.16. The maximum atomic E-state index is 12.7. The van der Waals surface area contributed by atoms with Gasteiger partial charge in [-0.15, -0.1) is 0 Å². The molecule has 2 aliphatic rings. The summed E-state index contributed by atoms with van der Waals surface area (Å²) < 4.78 is 5.37. The van der Waals surface area contributed by atoms with Crippen LogP contribution in [0.15, 0.2) is 29.0 Å². The molecule has 0 saturated carbocycles. The van der Waals surface area contributed by atoms with E-state index in [0.29, 0.717) is 0 Å². The molecular formula is C22H30N4O2. The van der Waals surface area contributed by atoms with Crippen LogP contribution in [0.4, 0.5) is 5.95 Å². The van der Waals surface area contributed by atoms with Gasteiger partial charge in [-0.3, -0.25) is 4.79 Å². The third-order valence-corrected chi connectivity index (χ3v) is 5.94. The minimum Gasteiger partial charge on any atom is -0.469 e. The first-order chi connectivity index (χ1) is 13.7. The number of hydrogen-bond donors (Lipinski definition) is 1. The van der Waals surface area contributed by atoms with Gasteiger partial charge in [0, 0.05) is 43.4 Å². The van der Waals surface area contributed by atoms with Gasteiger partial charge in [0.2, 0.25) is 11.9 Å². The van der Waals surface area contributed by atoms with E-state index in [1.807, 2.05) is 18.3 Å². The fourth-order valence-corrected chi connectivity index (χ4v) is 4.21. The van der Waals surface area contributed by atoms with Gasteiger partial charge in [-0.05, 0) is 69.6 Å². The van der Waals surface area contributed by atoms with E-state index in [-0.39, 0.29) is 17.9 Å². The maximum absolute atomic E-state index is 12.7. The molecule has 1 fully saturated rings. The molecule has 0 aromatic carbocycles. The van der Waals surface area contributed by atoms with Crippen LogP contribution in [-0.4, -0.2) is 35.0 Å². The van der Waals surface area contributed by atoms with Crippen molar-refractivity contribution in [3.8, 4) is 0 Å². The quantitative estimate of drug-likeness (QED) is 0.830. The highest BCUT2D eigenvalue weighted by atomic mass is 16.3. The van der Waals surface area contributed by atoms with Crippen molar-refractivity contribution < 1.29 is 9.21 Å². The summed E-state index contributed by atoms with van der Waals surface area (Å²) in [6.07, 6.45) is 11.6. The van der Waals surface area contributed by atoms with Crippen LogP contribution in [0.3, 0.4) is 0 Å². The number of hydrogen-bond acceptors (Lipinski definition) is 5. The molecule has 4 rings (SSSR count). The van der Waals surface area contributed by atoms with E-state index in [1.54, 1.807) is 6.26 Å². The van der Waals surface area contributed by atoms with E-state index in [9.17, 15) is 4.79 Å². The molecule has 0 spiro atoms. The topological polar surface area (TPSA) is 71.3 Å². The van der Waals surface area contributed by atoms with E-state index in [4.69, 9.17) is 9.40 Å². The Hall–Kier alpha value is -2.37. The summed E-state index contributed by atoms with van der Waals surface area (Å²) in [4.78, 5) is 24.4. The first-order valence-corrected chi connectivity index (χ1v) is 10.6. The number of fused-ring (bicyclic) bond motifs is 1. The Morgan fingerprint density at radius 1 is 1.36 bits per heavy atom. The van der Waals surface area contributed by atoms with Crippen LogP contribution < -0.4 is 10.2 Å². The summed E-state index contributed by atoms with van der Waals surface area (Å²) in [6.45, 7) is 4.17. The molecule has 28 heavy (non-hydrogen) atoms. The van der Waals surface area contributed by atoms with Crippen LogP contribution in [0.5, 0.6) is 0 Å². The predicted octanol–water partition coefficient (Wildman–Crippen LogP) is 3.30. The van der Waals surface area contributed by atoms with Gasteiger partial charge in [-0.25, -0.2) is 9.97 Å². The van der Waals surface area contributed by atoms with Gasteiger partial charge in [0.25, 0.3) is 0 Å². The number of rotatable bonds is 6. The van der Waals surface area contributed by atoms with Crippen LogP contribution in [0.25, 0.3) is 0 Å². The zero-order valence-corrected chi connectivity index (χ0v) is 16.7. The number of nitrogens with one attached hydrogen (secondary N) is 1. The van der Waals surface area contributed by atoms with E-state index in [0.717, 1.165) is 68.2 Å². The van der Waals surface area contributed by atoms with Crippen molar-refractivity contribution in [3.05, 3.63) is 41.6 Å². The number of amides is 1. The standard InChI is InChI=1S/C22H30N4O2/c1-16(7-9-19-6-5-13-28-19)24-21(27)17-8-10-20-18(14-17)15-23-22(25-20)26-11-3-2-4-12-26/h5-6,13,15-17H,2-4,7-12,14H2,1H3,(H,24,27)/t16-,17-/m1/s1. The number of carbonyl (C=O) groups excluding carboxylic acids is 1. The van der Waals surface area contributed by atoms with Crippen molar-refractivity contribution >= 4 is 11.9 Å². The second-order valence-corrected chi connectivity index (χ2v) is 8.16. The number of carbonyl (C=O) groups is 1. The van der Waals surface area contributed by atoms with Gasteiger partial charge >= 0.3 is 0 Å². The molecule has 1 amide bonds. The Labute approximate surface area is 166 Å². The van der Waals surface area contributed by atoms with Crippen molar-refractivity contribution in [2.75, 3.05) is 18.0 Å². The Morgan fingerprint density at radius 3 is 3.00 bits per heavy atom. The van der Waals surface area contributed by atoms with Crippen molar-refractivity contribution in [1.29, 1.82) is 0 Å². The maximum Gasteiger partial charge on any atom is 0.225 e. The number of anilines is 1. The lowest BCUT2D eigenvalue weighted by Crippen LogP contribution is -2.39. The molecule has 2 aromatic rings. The minimum atomic E-state index is 0.0167. The molecule has 1 N–H and O–H groups in total. The van der Waals surface area contributed by atoms with E-state index in [1.165, 1.54) is 19.3 Å². The lowest BCUT2D eigenvalue weighted by atomic mass is 9.86. The van der Waals surface area contributed by atoms with E-state index < -0.39 is 0 Å². The zero-order valence-electron chi connectivity index (χ0n) is 16.7. The van der Waals surface area contributed by atoms with Gasteiger partial charge in [0.05, 0.1) is 6.26 Å². The van der Waals surface area contributed by atoms with Gasteiger partial charge in [-0.2, -0.15) is 0 Å². The second kappa shape index (κ2) is 8.76. The van der Waals surface area contributed by atoms with E-state index >= 15 is 0 Å². The first kappa shape index (κ1) is 19.0. The highest BCUT2D eigenvalue weighted by molar-refractivity contribution is 5.79. The number of nitrogens with zero attached hydrogens (tertiary/aromatic N) is 3. The minimum absolute atomic E-state index is 0.0167. The third kappa shape index (κ3) is 4.54. The average Bonchev–Trinajstić information content (AvgIpc) is 3.26. The van der Waals surface area contributed by atoms with E-state index in [2.05, 4.69) is 22.1 Å². The third-order valence-electron chi connectivity index (χ3n) is 5.94. The zero-order chi connectivity index (χ0) is 19.3. The largest absolute Gasteiger partial charge is 0.469 e. The Balaban J connectivity index is 1.31. The Bertz CT molecular complexity index is 784. The average molecular weight is 383 g/mol. The number of aromatic nitrogens is 2. The molecule has 2 aromatic heterocycles. The van der Waals surface area contributed by atoms with Crippen molar-refractivity contribution in [3.63, 3.8) is 0 Å².